The summed E-state index contributed by atoms with van der Waals surface area (Å²) in [4.78, 5) is 34.6. The van der Waals surface area contributed by atoms with Crippen molar-refractivity contribution in [2.75, 3.05) is 23.9 Å². The maximum Gasteiger partial charge on any atom is 2.00 e. The van der Waals surface area contributed by atoms with Gasteiger partial charge in [-0.2, -0.15) is 0 Å². The Morgan fingerprint density at radius 2 is 0.928 bits per heavy atom. The first kappa shape index (κ1) is 52.9. The number of rotatable bonds is 18. The van der Waals surface area contributed by atoms with E-state index in [1.807, 2.05) is 9.80 Å². The van der Waals surface area contributed by atoms with Crippen molar-refractivity contribution in [1.29, 1.82) is 0 Å². The largest absolute Gasteiger partial charge is 2.00 e. The fourth-order valence-corrected chi connectivity index (χ4v) is 8.16. The fraction of sp³-hybridized carbons (Fsp3) is 0.308. The van der Waals surface area contributed by atoms with Crippen LogP contribution in [0.4, 0.5) is 40.3 Å². The predicted molar refractivity (Wildman–Crippen MR) is 253 cm³/mol. The van der Waals surface area contributed by atoms with Crippen molar-refractivity contribution in [3.63, 3.8) is 0 Å². The SMILES string of the molecule is CN(c1ccc(F)cc1)c1c(/C=C/[C@@H](O)C[C@@H](O)CC(=O)[O-])c(C2CC2)nc2ccc(F)cc12.CN(c1ccc(F)cc1)c1c(/C=C/[C@@H](O)C[C@@H](O)CC(=O)[O-])c(C2CC2)nc2ccc(F)cc12.[Ca+2]. The van der Waals surface area contributed by atoms with Gasteiger partial charge in [-0.15, -0.1) is 0 Å². The van der Waals surface area contributed by atoms with E-state index < -0.39 is 60.8 Å². The summed E-state index contributed by atoms with van der Waals surface area (Å²) >= 11 is 0. The molecular formula is C52H50CaF4N4O8. The minimum atomic E-state index is -1.40. The van der Waals surface area contributed by atoms with Crippen LogP contribution in [0.1, 0.15) is 85.7 Å². The molecule has 4 atom stereocenters. The van der Waals surface area contributed by atoms with E-state index in [0.29, 0.717) is 55.7 Å². The molecule has 356 valence electrons. The quantitative estimate of drug-likeness (QED) is 0.0543. The van der Waals surface area contributed by atoms with E-state index in [9.17, 15) is 57.8 Å². The molecular weight excluding hydrogens is 925 g/mol. The molecule has 69 heavy (non-hydrogen) atoms. The van der Waals surface area contributed by atoms with Crippen molar-refractivity contribution in [2.24, 2.45) is 0 Å². The molecule has 0 aliphatic heterocycles. The number of aliphatic hydroxyl groups excluding tert-OH is 4. The first-order valence-electron chi connectivity index (χ1n) is 22.2. The molecule has 4 aromatic carbocycles. The molecule has 2 fully saturated rings. The van der Waals surface area contributed by atoms with Gasteiger partial charge in [0.15, 0.2) is 0 Å². The van der Waals surface area contributed by atoms with Gasteiger partial charge in [-0.25, -0.2) is 17.6 Å². The Morgan fingerprint density at radius 3 is 1.25 bits per heavy atom. The van der Waals surface area contributed by atoms with E-state index >= 15 is 0 Å². The average Bonchev–Trinajstić information content (AvgIpc) is 4.22. The molecule has 0 radical (unpaired) electrons. The topological polar surface area (TPSA) is 193 Å². The van der Waals surface area contributed by atoms with Gasteiger partial charge in [0.25, 0.3) is 0 Å². The molecule has 6 aromatic rings. The molecule has 2 aromatic heterocycles. The Kier molecular flexibility index (Phi) is 18.0. The molecule has 2 aliphatic carbocycles. The second-order valence-electron chi connectivity index (χ2n) is 17.2. The first-order chi connectivity index (χ1) is 32.4. The third-order valence-electron chi connectivity index (χ3n) is 11.8. The van der Waals surface area contributed by atoms with E-state index in [0.717, 1.165) is 37.1 Å². The number of halogens is 4. The second-order valence-corrected chi connectivity index (χ2v) is 17.2. The van der Waals surface area contributed by atoms with Crippen LogP contribution in [-0.4, -0.2) is 119 Å². The summed E-state index contributed by atoms with van der Waals surface area (Å²) < 4.78 is 55.6. The maximum absolute atomic E-state index is 14.3. The Morgan fingerprint density at radius 1 is 0.594 bits per heavy atom. The van der Waals surface area contributed by atoms with Crippen LogP contribution in [0.3, 0.4) is 0 Å². The van der Waals surface area contributed by atoms with Crippen LogP contribution in [-0.2, 0) is 9.59 Å². The van der Waals surface area contributed by atoms with E-state index in [1.54, 1.807) is 62.6 Å². The number of hydrogen-bond acceptors (Lipinski definition) is 12. The number of aliphatic hydroxyl groups is 4. The van der Waals surface area contributed by atoms with Gasteiger partial charge in [-0.05, 0) is 111 Å². The number of carboxylic acids is 2. The maximum atomic E-state index is 14.3. The minimum Gasteiger partial charge on any atom is -0.550 e. The molecule has 8 rings (SSSR count). The Hall–Kier alpha value is -5.46. The Bertz CT molecular complexity index is 2650. The minimum absolute atomic E-state index is 0. The van der Waals surface area contributed by atoms with Crippen molar-refractivity contribution in [3.05, 3.63) is 143 Å². The van der Waals surface area contributed by atoms with Crippen molar-refractivity contribution < 1.29 is 57.8 Å². The van der Waals surface area contributed by atoms with Crippen molar-refractivity contribution in [1.82, 2.24) is 9.97 Å². The number of carbonyl (C=O) groups is 2. The number of aliphatic carboxylic acids is 2. The fourth-order valence-electron chi connectivity index (χ4n) is 8.16. The van der Waals surface area contributed by atoms with Gasteiger partial charge in [0.05, 0.1) is 58.2 Å². The van der Waals surface area contributed by atoms with Crippen LogP contribution in [0.5, 0.6) is 0 Å². The molecule has 17 heteroatoms. The monoisotopic (exact) mass is 974 g/mol. The van der Waals surface area contributed by atoms with Crippen LogP contribution in [0.2, 0.25) is 0 Å². The number of hydrogen-bond donors (Lipinski definition) is 4. The van der Waals surface area contributed by atoms with E-state index in [-0.39, 0.29) is 74.1 Å². The molecule has 0 saturated heterocycles. The van der Waals surface area contributed by atoms with Gasteiger partial charge in [0.1, 0.15) is 23.3 Å². The number of pyridine rings is 2. The third-order valence-corrected chi connectivity index (χ3v) is 11.8. The Balaban J connectivity index is 0.000000224. The first-order valence-corrected chi connectivity index (χ1v) is 22.2. The Labute approximate surface area is 425 Å². The second kappa shape index (κ2) is 23.4. The number of carboxylic acid groups (broad SMARTS) is 2. The van der Waals surface area contributed by atoms with Crippen molar-refractivity contribution in [2.45, 2.75) is 87.6 Å². The summed E-state index contributed by atoms with van der Waals surface area (Å²) in [6, 6.07) is 20.6. The van der Waals surface area contributed by atoms with E-state index in [2.05, 4.69) is 0 Å². The normalized spacial score (nSPS) is 15.3. The van der Waals surface area contributed by atoms with Crippen LogP contribution in [0.15, 0.2) is 97.1 Å². The number of nitrogens with zero attached hydrogens (tertiary/aromatic N) is 4. The number of aromatic nitrogens is 2. The summed E-state index contributed by atoms with van der Waals surface area (Å²) in [5, 5.41) is 62.9. The summed E-state index contributed by atoms with van der Waals surface area (Å²) in [5.74, 6) is -3.97. The molecule has 12 nitrogen and oxygen atoms in total. The molecule has 0 spiro atoms. The van der Waals surface area contributed by atoms with Gasteiger partial charge in [-0.1, -0.05) is 24.3 Å². The zero-order valence-corrected chi connectivity index (χ0v) is 40.2. The molecule has 2 aliphatic rings. The van der Waals surface area contributed by atoms with Gasteiger partial charge < -0.3 is 50.0 Å². The summed E-state index contributed by atoms with van der Waals surface area (Å²) in [6.45, 7) is 0. The van der Waals surface area contributed by atoms with Gasteiger partial charge in [-0.3, -0.25) is 9.97 Å². The molecule has 0 bridgehead atoms. The molecule has 0 amide bonds. The summed E-state index contributed by atoms with van der Waals surface area (Å²) in [6.07, 6.45) is 3.85. The zero-order valence-electron chi connectivity index (χ0n) is 37.9. The van der Waals surface area contributed by atoms with Crippen LogP contribution in [0, 0.1) is 23.3 Å². The molecule has 0 unspecified atom stereocenters. The van der Waals surface area contributed by atoms with E-state index in [4.69, 9.17) is 9.97 Å². The average molecular weight is 975 g/mol. The molecule has 2 saturated carbocycles. The van der Waals surface area contributed by atoms with Gasteiger partial charge >= 0.3 is 37.7 Å². The predicted octanol–water partition coefficient (Wildman–Crippen LogP) is 6.47. The number of fused-ring (bicyclic) bond motifs is 2. The van der Waals surface area contributed by atoms with Crippen LogP contribution < -0.4 is 20.0 Å². The van der Waals surface area contributed by atoms with Crippen molar-refractivity contribution in [3.8, 4) is 0 Å². The number of anilines is 4. The zero-order chi connectivity index (χ0) is 48.8. The number of benzene rings is 4. The standard InChI is InChI=1S/2C26H26F2N2O4.Ca/c2*1-30(18-7-4-16(27)5-8-18)26-21(10-9-19(31)13-20(32)14-24(33)34)25(15-2-3-15)29-23-11-6-17(28)12-22(23)26;/h2*4-12,15,19-20,31-32H,2-3,13-14H2,1H3,(H,33,34);/q;;+2/p-2/b2*10-9+;/t2*19-,20-;/m11./s1. The van der Waals surface area contributed by atoms with Gasteiger partial charge in [0, 0.05) is 96.8 Å². The molecule has 2 heterocycles. The van der Waals surface area contributed by atoms with Crippen LogP contribution in [0.25, 0.3) is 34.0 Å². The van der Waals surface area contributed by atoms with Crippen molar-refractivity contribution >= 4 is 106 Å². The van der Waals surface area contributed by atoms with Gasteiger partial charge in [0.2, 0.25) is 0 Å². The molecule has 4 N–H and O–H groups in total. The summed E-state index contributed by atoms with van der Waals surface area (Å²) in [5.41, 5.74) is 6.88. The van der Waals surface area contributed by atoms with E-state index in [1.165, 1.54) is 60.7 Å². The third kappa shape index (κ3) is 13.9. The number of carbonyl (C=O) groups excluding carboxylic acids is 2. The summed E-state index contributed by atoms with van der Waals surface area (Å²) in [7, 11) is 3.59. The smallest absolute Gasteiger partial charge is 0.550 e. The van der Waals surface area contributed by atoms with Crippen LogP contribution >= 0.6 is 0 Å².